The van der Waals surface area contributed by atoms with Crippen molar-refractivity contribution in [3.8, 4) is 0 Å². The summed E-state index contributed by atoms with van der Waals surface area (Å²) in [5.74, 6) is 0.447. The van der Waals surface area contributed by atoms with Gasteiger partial charge in [0.2, 0.25) is 5.91 Å². The van der Waals surface area contributed by atoms with E-state index in [4.69, 9.17) is 0 Å². The third kappa shape index (κ3) is 3.18. The number of amides is 1. The molecule has 2 rings (SSSR count). The third-order valence-corrected chi connectivity index (χ3v) is 3.36. The highest BCUT2D eigenvalue weighted by molar-refractivity contribution is 5.79. The van der Waals surface area contributed by atoms with Crippen molar-refractivity contribution in [1.29, 1.82) is 0 Å². The van der Waals surface area contributed by atoms with Gasteiger partial charge < -0.3 is 15.5 Å². The summed E-state index contributed by atoms with van der Waals surface area (Å²) in [5.41, 5.74) is 0. The number of rotatable bonds is 4. The lowest BCUT2D eigenvalue weighted by atomic mass is 10.1. The predicted octanol–water partition coefficient (Wildman–Crippen LogP) is -0.192. The van der Waals surface area contributed by atoms with E-state index in [1.165, 1.54) is 25.9 Å². The number of hydrogen-bond acceptors (Lipinski definition) is 3. The summed E-state index contributed by atoms with van der Waals surface area (Å²) in [7, 11) is 0. The van der Waals surface area contributed by atoms with Gasteiger partial charge in [-0.1, -0.05) is 0 Å². The smallest absolute Gasteiger partial charge is 0.224 e. The van der Waals surface area contributed by atoms with E-state index in [2.05, 4.69) is 15.5 Å². The fourth-order valence-electron chi connectivity index (χ4n) is 2.37. The van der Waals surface area contributed by atoms with E-state index in [9.17, 15) is 4.79 Å². The summed E-state index contributed by atoms with van der Waals surface area (Å²) in [5, 5.41) is 6.24. The Labute approximate surface area is 91.4 Å². The Kier molecular flexibility index (Phi) is 3.97. The topological polar surface area (TPSA) is 44.4 Å². The highest BCUT2D eigenvalue weighted by Crippen LogP contribution is 2.07. The van der Waals surface area contributed by atoms with Crippen LogP contribution in [0.3, 0.4) is 0 Å². The molecule has 2 heterocycles. The molecule has 0 radical (unpaired) electrons. The fourth-order valence-corrected chi connectivity index (χ4v) is 2.37. The van der Waals surface area contributed by atoms with Gasteiger partial charge in [-0.3, -0.25) is 4.79 Å². The zero-order valence-corrected chi connectivity index (χ0v) is 9.30. The van der Waals surface area contributed by atoms with E-state index in [-0.39, 0.29) is 11.8 Å². The SMILES string of the molecule is O=C(NCCN1CCCC1)C1CCNC1. The van der Waals surface area contributed by atoms with Crippen molar-refractivity contribution in [2.45, 2.75) is 19.3 Å². The zero-order chi connectivity index (χ0) is 10.5. The number of carbonyl (C=O) groups excluding carboxylic acids is 1. The average molecular weight is 211 g/mol. The third-order valence-electron chi connectivity index (χ3n) is 3.36. The van der Waals surface area contributed by atoms with Gasteiger partial charge in [0.1, 0.15) is 0 Å². The second-order valence-electron chi connectivity index (χ2n) is 4.53. The van der Waals surface area contributed by atoms with Crippen LogP contribution in [0.4, 0.5) is 0 Å². The molecule has 0 aromatic heterocycles. The van der Waals surface area contributed by atoms with Crippen molar-refractivity contribution < 1.29 is 4.79 Å². The van der Waals surface area contributed by atoms with Crippen molar-refractivity contribution in [1.82, 2.24) is 15.5 Å². The van der Waals surface area contributed by atoms with Crippen LogP contribution in [-0.4, -0.2) is 50.1 Å². The number of nitrogens with zero attached hydrogens (tertiary/aromatic N) is 1. The molecule has 2 aliphatic heterocycles. The van der Waals surface area contributed by atoms with Gasteiger partial charge in [0.25, 0.3) is 0 Å². The molecule has 2 N–H and O–H groups in total. The summed E-state index contributed by atoms with van der Waals surface area (Å²) < 4.78 is 0. The van der Waals surface area contributed by atoms with Gasteiger partial charge in [-0.2, -0.15) is 0 Å². The number of carbonyl (C=O) groups is 1. The van der Waals surface area contributed by atoms with E-state index in [1.54, 1.807) is 0 Å². The van der Waals surface area contributed by atoms with Crippen LogP contribution >= 0.6 is 0 Å². The quantitative estimate of drug-likeness (QED) is 0.677. The van der Waals surface area contributed by atoms with E-state index >= 15 is 0 Å². The van der Waals surface area contributed by atoms with Gasteiger partial charge >= 0.3 is 0 Å². The maximum atomic E-state index is 11.6. The Hall–Kier alpha value is -0.610. The first-order chi connectivity index (χ1) is 7.36. The molecular formula is C11H21N3O. The molecule has 0 aromatic carbocycles. The maximum absolute atomic E-state index is 11.6. The Balaban J connectivity index is 1.58. The largest absolute Gasteiger partial charge is 0.355 e. The van der Waals surface area contributed by atoms with E-state index < -0.39 is 0 Å². The Morgan fingerprint density at radius 2 is 2.20 bits per heavy atom. The van der Waals surface area contributed by atoms with Gasteiger partial charge in [-0.25, -0.2) is 0 Å². The van der Waals surface area contributed by atoms with Crippen molar-refractivity contribution in [3.63, 3.8) is 0 Å². The monoisotopic (exact) mass is 211 g/mol. The van der Waals surface area contributed by atoms with E-state index in [0.717, 1.165) is 32.6 Å². The van der Waals surface area contributed by atoms with Gasteiger partial charge in [-0.05, 0) is 38.9 Å². The molecule has 0 spiro atoms. The van der Waals surface area contributed by atoms with Crippen LogP contribution < -0.4 is 10.6 Å². The highest BCUT2D eigenvalue weighted by Gasteiger charge is 2.22. The average Bonchev–Trinajstić information content (AvgIpc) is 2.90. The minimum atomic E-state index is 0.212. The van der Waals surface area contributed by atoms with Crippen LogP contribution in [0.25, 0.3) is 0 Å². The fraction of sp³-hybridized carbons (Fsp3) is 0.909. The predicted molar refractivity (Wildman–Crippen MR) is 59.7 cm³/mol. The molecular weight excluding hydrogens is 190 g/mol. The van der Waals surface area contributed by atoms with Gasteiger partial charge in [0, 0.05) is 19.6 Å². The summed E-state index contributed by atoms with van der Waals surface area (Å²) in [6.45, 7) is 6.10. The minimum absolute atomic E-state index is 0.212. The summed E-state index contributed by atoms with van der Waals surface area (Å²) in [6.07, 6.45) is 3.64. The molecule has 2 saturated heterocycles. The molecule has 2 aliphatic rings. The molecule has 15 heavy (non-hydrogen) atoms. The molecule has 1 atom stereocenters. The molecule has 4 nitrogen and oxygen atoms in total. The molecule has 0 aliphatic carbocycles. The van der Waals surface area contributed by atoms with Crippen molar-refractivity contribution in [3.05, 3.63) is 0 Å². The van der Waals surface area contributed by atoms with Crippen LogP contribution in [0.1, 0.15) is 19.3 Å². The molecule has 86 valence electrons. The molecule has 0 saturated carbocycles. The number of hydrogen-bond donors (Lipinski definition) is 2. The van der Waals surface area contributed by atoms with Gasteiger partial charge in [0.05, 0.1) is 5.92 Å². The Bertz CT molecular complexity index is 208. The number of nitrogens with one attached hydrogen (secondary N) is 2. The second-order valence-corrected chi connectivity index (χ2v) is 4.53. The first-order valence-corrected chi connectivity index (χ1v) is 6.07. The van der Waals surface area contributed by atoms with Crippen LogP contribution in [0.2, 0.25) is 0 Å². The maximum Gasteiger partial charge on any atom is 0.224 e. The Morgan fingerprint density at radius 3 is 2.87 bits per heavy atom. The van der Waals surface area contributed by atoms with Crippen LogP contribution in [0.5, 0.6) is 0 Å². The lowest BCUT2D eigenvalue weighted by Crippen LogP contribution is -2.37. The Morgan fingerprint density at radius 1 is 1.40 bits per heavy atom. The van der Waals surface area contributed by atoms with Crippen molar-refractivity contribution >= 4 is 5.91 Å². The van der Waals surface area contributed by atoms with E-state index in [1.807, 2.05) is 0 Å². The lowest BCUT2D eigenvalue weighted by Gasteiger charge is -2.16. The van der Waals surface area contributed by atoms with Crippen molar-refractivity contribution in [2.75, 3.05) is 39.3 Å². The minimum Gasteiger partial charge on any atom is -0.355 e. The molecule has 1 amide bonds. The second kappa shape index (κ2) is 5.47. The molecule has 2 fully saturated rings. The summed E-state index contributed by atoms with van der Waals surface area (Å²) in [4.78, 5) is 14.1. The lowest BCUT2D eigenvalue weighted by molar-refractivity contribution is -0.124. The first-order valence-electron chi connectivity index (χ1n) is 6.07. The van der Waals surface area contributed by atoms with E-state index in [0.29, 0.717) is 0 Å². The molecule has 1 unspecified atom stereocenters. The van der Waals surface area contributed by atoms with Crippen LogP contribution in [-0.2, 0) is 4.79 Å². The molecule has 0 bridgehead atoms. The zero-order valence-electron chi connectivity index (χ0n) is 9.30. The van der Waals surface area contributed by atoms with Crippen molar-refractivity contribution in [2.24, 2.45) is 5.92 Å². The van der Waals surface area contributed by atoms with Crippen LogP contribution in [0.15, 0.2) is 0 Å². The highest BCUT2D eigenvalue weighted by atomic mass is 16.1. The standard InChI is InChI=1S/C11H21N3O/c15-11(10-3-4-12-9-10)13-5-8-14-6-1-2-7-14/h10,12H,1-9H2,(H,13,15). The summed E-state index contributed by atoms with van der Waals surface area (Å²) in [6, 6.07) is 0. The summed E-state index contributed by atoms with van der Waals surface area (Å²) >= 11 is 0. The normalized spacial score (nSPS) is 27.1. The van der Waals surface area contributed by atoms with Crippen LogP contribution in [0, 0.1) is 5.92 Å². The first kappa shape index (κ1) is 10.9. The molecule has 4 heteroatoms. The van der Waals surface area contributed by atoms with Gasteiger partial charge in [0.15, 0.2) is 0 Å². The molecule has 0 aromatic rings. The van der Waals surface area contributed by atoms with Gasteiger partial charge in [-0.15, -0.1) is 0 Å². The number of likely N-dealkylation sites (tertiary alicyclic amines) is 1.